The first-order valence-electron chi connectivity index (χ1n) is 11.1. The largest absolute Gasteiger partial charge is 0.743 e. The first kappa shape index (κ1) is 25.5. The molecule has 2 N–H and O–H groups in total. The van der Waals surface area contributed by atoms with Gasteiger partial charge < -0.3 is 14.8 Å². The lowest BCUT2D eigenvalue weighted by atomic mass is 9.82. The molecule has 11 heteroatoms. The maximum atomic E-state index is 13.6. The van der Waals surface area contributed by atoms with Crippen LogP contribution >= 0.6 is 0 Å². The number of rotatable bonds is 4. The fourth-order valence-electron chi connectivity index (χ4n) is 5.49. The molecule has 1 heterocycles. The van der Waals surface area contributed by atoms with Crippen molar-refractivity contribution in [1.82, 2.24) is 0 Å². The number of phenols is 1. The lowest BCUT2D eigenvalue weighted by Gasteiger charge is -2.37. The molecule has 5 rings (SSSR count). The fraction of sp³-hybridized carbons (Fsp3) is 0.565. The lowest BCUT2D eigenvalue weighted by Crippen LogP contribution is -2.54. The van der Waals surface area contributed by atoms with Crippen LogP contribution in [0.25, 0.3) is 10.8 Å². The van der Waals surface area contributed by atoms with Gasteiger partial charge in [-0.25, -0.2) is 8.42 Å². The zero-order valence-corrected chi connectivity index (χ0v) is 19.8. The summed E-state index contributed by atoms with van der Waals surface area (Å²) in [6.45, 7) is 0. The molecule has 2 aromatic carbocycles. The van der Waals surface area contributed by atoms with Gasteiger partial charge in [0.25, 0.3) is 0 Å². The zero-order chi connectivity index (χ0) is 24.9. The molecule has 1 aliphatic heterocycles. The van der Waals surface area contributed by atoms with Crippen LogP contribution < -0.4 is 0 Å². The van der Waals surface area contributed by atoms with Crippen molar-refractivity contribution in [1.29, 1.82) is 0 Å². The van der Waals surface area contributed by atoms with Crippen molar-refractivity contribution in [3.05, 3.63) is 36.4 Å². The van der Waals surface area contributed by atoms with E-state index in [0.29, 0.717) is 16.6 Å². The predicted octanol–water partition coefficient (Wildman–Crippen LogP) is 4.48. The van der Waals surface area contributed by atoms with Gasteiger partial charge in [-0.1, -0.05) is 18.2 Å². The Labute approximate surface area is 198 Å². The SMILES string of the molecule is O=S(=O)([O-])C(F)(F)C(F)(F)C1CC2CC(O)C1C2.Oc1ccc([S+]2CCCC2)c2ccccc12. The number of phenolic OH excluding ortho intramolecular Hbond substituents is 1. The Bertz CT molecular complexity index is 1150. The van der Waals surface area contributed by atoms with Crippen LogP contribution in [0.3, 0.4) is 0 Å². The second-order valence-electron chi connectivity index (χ2n) is 9.24. The van der Waals surface area contributed by atoms with Crippen LogP contribution in [0, 0.1) is 17.8 Å². The van der Waals surface area contributed by atoms with Gasteiger partial charge in [0.15, 0.2) is 15.0 Å². The second-order valence-corrected chi connectivity index (χ2v) is 12.9. The maximum Gasteiger partial charge on any atom is 0.396 e. The summed E-state index contributed by atoms with van der Waals surface area (Å²) in [7, 11) is -6.03. The van der Waals surface area contributed by atoms with Crippen LogP contribution in [0.15, 0.2) is 41.3 Å². The van der Waals surface area contributed by atoms with Gasteiger partial charge in [0.2, 0.25) is 0 Å². The molecule has 0 aromatic heterocycles. The number of fused-ring (bicyclic) bond motifs is 3. The number of hydrogen-bond acceptors (Lipinski definition) is 5. The highest BCUT2D eigenvalue weighted by atomic mass is 32.2. The normalized spacial score (nSPS) is 27.7. The van der Waals surface area contributed by atoms with E-state index in [4.69, 9.17) is 0 Å². The summed E-state index contributed by atoms with van der Waals surface area (Å²) in [5, 5.41) is 15.9. The molecule has 2 saturated carbocycles. The van der Waals surface area contributed by atoms with Gasteiger partial charge in [0.05, 0.1) is 6.10 Å². The molecule has 4 unspecified atom stereocenters. The number of halogens is 4. The van der Waals surface area contributed by atoms with E-state index in [1.165, 1.54) is 34.6 Å². The van der Waals surface area contributed by atoms with Crippen molar-refractivity contribution < 1.29 is 40.7 Å². The van der Waals surface area contributed by atoms with Gasteiger partial charge in [-0.2, -0.15) is 17.6 Å². The van der Waals surface area contributed by atoms with Crippen LogP contribution in [0.1, 0.15) is 32.1 Å². The minimum atomic E-state index is -6.45. The molecule has 5 nitrogen and oxygen atoms in total. The van der Waals surface area contributed by atoms with Gasteiger partial charge in [0, 0.05) is 27.6 Å². The quantitative estimate of drug-likeness (QED) is 0.351. The first-order valence-corrected chi connectivity index (χ1v) is 14.1. The topological polar surface area (TPSA) is 97.7 Å². The lowest BCUT2D eigenvalue weighted by molar-refractivity contribution is -0.209. The number of hydrogen-bond donors (Lipinski definition) is 2. The fourth-order valence-corrected chi connectivity index (χ4v) is 8.48. The Morgan fingerprint density at radius 3 is 2.12 bits per heavy atom. The highest BCUT2D eigenvalue weighted by molar-refractivity contribution is 7.97. The monoisotopic (exact) mass is 522 g/mol. The Morgan fingerprint density at radius 1 is 0.941 bits per heavy atom. The highest BCUT2D eigenvalue weighted by Crippen LogP contribution is 2.58. The number of aliphatic hydroxyl groups is 1. The predicted molar refractivity (Wildman–Crippen MR) is 120 cm³/mol. The van der Waals surface area contributed by atoms with Gasteiger partial charge >= 0.3 is 11.2 Å². The third-order valence-corrected chi connectivity index (χ3v) is 10.6. The molecule has 2 aromatic rings. The number of aliphatic hydroxyl groups excluding tert-OH is 1. The molecule has 2 bridgehead atoms. The minimum Gasteiger partial charge on any atom is -0.743 e. The summed E-state index contributed by atoms with van der Waals surface area (Å²) in [5.41, 5.74) is 0. The molecule has 0 spiro atoms. The van der Waals surface area contributed by atoms with Crippen molar-refractivity contribution in [2.24, 2.45) is 17.8 Å². The molecule has 0 amide bonds. The Balaban J connectivity index is 0.000000162. The van der Waals surface area contributed by atoms with Gasteiger partial charge in [-0.15, -0.1) is 0 Å². The van der Waals surface area contributed by atoms with Crippen LogP contribution in [-0.4, -0.2) is 52.0 Å². The van der Waals surface area contributed by atoms with Gasteiger partial charge in [-0.05, 0) is 62.1 Å². The van der Waals surface area contributed by atoms with Gasteiger partial charge in [0.1, 0.15) is 17.3 Å². The van der Waals surface area contributed by atoms with E-state index in [1.807, 2.05) is 18.2 Å². The molecule has 2 aliphatic carbocycles. The van der Waals surface area contributed by atoms with E-state index >= 15 is 0 Å². The molecule has 188 valence electrons. The van der Waals surface area contributed by atoms with E-state index in [-0.39, 0.29) is 25.2 Å². The van der Waals surface area contributed by atoms with Crippen LogP contribution in [0.2, 0.25) is 0 Å². The van der Waals surface area contributed by atoms with Crippen molar-refractivity contribution in [2.45, 2.75) is 54.3 Å². The molecular formula is C23H26F4O5S2. The summed E-state index contributed by atoms with van der Waals surface area (Å²) in [6.07, 6.45) is 1.71. The summed E-state index contributed by atoms with van der Waals surface area (Å²) < 4.78 is 84.2. The second kappa shape index (κ2) is 9.15. The Kier molecular flexibility index (Phi) is 6.87. The van der Waals surface area contributed by atoms with Gasteiger partial charge in [-0.3, -0.25) is 0 Å². The standard InChI is InChI=1S/C14H14OS.C9H12F4O4S/c15-13-7-8-14(16-9-3-4-10-16)12-6-2-1-5-11(12)13;10-8(11,9(12,13)18(15,16)17)6-2-4-1-5(6)7(14)3-4/h1-2,5-8H,3-4,9-10H2;4-7,14H,1-3H2,(H,15,16,17). The van der Waals surface area contributed by atoms with E-state index < -0.39 is 39.2 Å². The Hall–Kier alpha value is -1.56. The Morgan fingerprint density at radius 2 is 1.56 bits per heavy atom. The molecule has 4 atom stereocenters. The zero-order valence-electron chi connectivity index (χ0n) is 18.2. The van der Waals surface area contributed by atoms with Crippen molar-refractivity contribution in [2.75, 3.05) is 11.5 Å². The summed E-state index contributed by atoms with van der Waals surface area (Å²) in [4.78, 5) is 1.45. The molecule has 34 heavy (non-hydrogen) atoms. The summed E-state index contributed by atoms with van der Waals surface area (Å²) in [6, 6.07) is 12.2. The van der Waals surface area contributed by atoms with Crippen LogP contribution in [-0.2, 0) is 21.0 Å². The highest BCUT2D eigenvalue weighted by Gasteiger charge is 2.69. The van der Waals surface area contributed by atoms with E-state index in [9.17, 15) is 40.7 Å². The van der Waals surface area contributed by atoms with E-state index in [0.717, 1.165) is 5.39 Å². The molecule has 3 fully saturated rings. The third-order valence-electron chi connectivity index (χ3n) is 7.15. The van der Waals surface area contributed by atoms with Crippen LogP contribution in [0.4, 0.5) is 17.6 Å². The maximum absolute atomic E-state index is 13.6. The third kappa shape index (κ3) is 4.40. The molecule has 1 saturated heterocycles. The number of benzene rings is 2. The van der Waals surface area contributed by atoms with Crippen molar-refractivity contribution in [3.8, 4) is 5.75 Å². The molecular weight excluding hydrogens is 496 g/mol. The summed E-state index contributed by atoms with van der Waals surface area (Å²) in [5.74, 6) is -5.24. The van der Waals surface area contributed by atoms with E-state index in [2.05, 4.69) is 18.2 Å². The molecule has 3 aliphatic rings. The smallest absolute Gasteiger partial charge is 0.396 e. The first-order chi connectivity index (χ1) is 15.8. The summed E-state index contributed by atoms with van der Waals surface area (Å²) >= 11 is 0. The van der Waals surface area contributed by atoms with E-state index in [1.54, 1.807) is 0 Å². The van der Waals surface area contributed by atoms with Crippen molar-refractivity contribution >= 4 is 31.8 Å². The number of aromatic hydroxyl groups is 1. The average Bonchev–Trinajstić information content (AvgIpc) is 3.51. The molecule has 0 radical (unpaired) electrons. The van der Waals surface area contributed by atoms with Crippen molar-refractivity contribution in [3.63, 3.8) is 0 Å². The minimum absolute atomic E-state index is 0.163. The average molecular weight is 523 g/mol. The van der Waals surface area contributed by atoms with Crippen LogP contribution in [0.5, 0.6) is 5.75 Å². The number of alkyl halides is 4.